The number of hydrogen-bond acceptors (Lipinski definition) is 3. The molecule has 1 saturated heterocycles. The van der Waals surface area contributed by atoms with Crippen LogP contribution in [0.4, 0.5) is 0 Å². The van der Waals surface area contributed by atoms with Crippen LogP contribution in [0, 0.1) is 5.92 Å². The van der Waals surface area contributed by atoms with Crippen LogP contribution in [0.3, 0.4) is 0 Å². The zero-order valence-electron chi connectivity index (χ0n) is 11.2. The molecule has 1 amide bonds. The highest BCUT2D eigenvalue weighted by molar-refractivity contribution is 6.30. The van der Waals surface area contributed by atoms with Gasteiger partial charge >= 0.3 is 0 Å². The number of ketones is 1. The number of amides is 1. The van der Waals surface area contributed by atoms with Gasteiger partial charge in [-0.05, 0) is 37.8 Å². The molecule has 0 bridgehead atoms. The molecule has 0 spiro atoms. The van der Waals surface area contributed by atoms with Crippen LogP contribution < -0.4 is 0 Å². The van der Waals surface area contributed by atoms with Gasteiger partial charge in [0.15, 0.2) is 0 Å². The Hall–Kier alpha value is -1.42. The number of carbonyl (C=O) groups is 2. The Morgan fingerprint density at radius 1 is 1.30 bits per heavy atom. The first-order valence-electron chi connectivity index (χ1n) is 7.12. The van der Waals surface area contributed by atoms with Gasteiger partial charge < -0.3 is 4.90 Å². The van der Waals surface area contributed by atoms with Gasteiger partial charge in [-0.25, -0.2) is 4.98 Å². The second-order valence-corrected chi connectivity index (χ2v) is 5.97. The van der Waals surface area contributed by atoms with Crippen LogP contribution in [0.2, 0.25) is 5.02 Å². The van der Waals surface area contributed by atoms with Crippen molar-refractivity contribution in [2.24, 2.45) is 5.92 Å². The van der Waals surface area contributed by atoms with E-state index in [4.69, 9.17) is 11.6 Å². The molecule has 0 aromatic carbocycles. The standard InChI is InChI=1S/C15H17ClN2O2/c16-10-6-7-12(17-9-10)15(20)18-8-2-4-13(18)11-3-1-5-14(11)19/h6-7,9,11,13H,1-5,8H2. The van der Waals surface area contributed by atoms with Crippen LogP contribution in [0.25, 0.3) is 0 Å². The third-order valence-corrected chi connectivity index (χ3v) is 4.55. The minimum atomic E-state index is -0.0798. The Labute approximate surface area is 123 Å². The van der Waals surface area contributed by atoms with Gasteiger partial charge in [0.2, 0.25) is 0 Å². The first-order chi connectivity index (χ1) is 9.66. The molecule has 2 aliphatic rings. The highest BCUT2D eigenvalue weighted by atomic mass is 35.5. The highest BCUT2D eigenvalue weighted by Crippen LogP contribution is 2.33. The molecule has 5 heteroatoms. The fraction of sp³-hybridized carbons (Fsp3) is 0.533. The molecular formula is C15H17ClN2O2. The predicted octanol–water partition coefficient (Wildman–Crippen LogP) is 2.71. The third kappa shape index (κ3) is 2.44. The molecule has 1 aliphatic carbocycles. The van der Waals surface area contributed by atoms with Crippen LogP contribution in [0.1, 0.15) is 42.6 Å². The second kappa shape index (κ2) is 5.52. The van der Waals surface area contributed by atoms with Crippen LogP contribution in [-0.4, -0.2) is 34.2 Å². The molecule has 1 aromatic heterocycles. The average molecular weight is 293 g/mol. The molecule has 0 N–H and O–H groups in total. The highest BCUT2D eigenvalue weighted by Gasteiger charge is 2.40. The van der Waals surface area contributed by atoms with Crippen molar-refractivity contribution in [3.8, 4) is 0 Å². The van der Waals surface area contributed by atoms with Crippen molar-refractivity contribution in [1.29, 1.82) is 0 Å². The summed E-state index contributed by atoms with van der Waals surface area (Å²) in [5.74, 6) is 0.274. The summed E-state index contributed by atoms with van der Waals surface area (Å²) >= 11 is 5.80. The average Bonchev–Trinajstić information content (AvgIpc) is 3.07. The minimum absolute atomic E-state index is 0.0359. The van der Waals surface area contributed by atoms with Crippen molar-refractivity contribution in [2.75, 3.05) is 6.54 Å². The largest absolute Gasteiger partial charge is 0.334 e. The van der Waals surface area contributed by atoms with E-state index in [-0.39, 0.29) is 17.9 Å². The SMILES string of the molecule is O=C1CCCC1C1CCCN1C(=O)c1ccc(Cl)cn1. The Balaban J connectivity index is 1.79. The van der Waals surface area contributed by atoms with E-state index in [1.807, 2.05) is 4.90 Å². The quantitative estimate of drug-likeness (QED) is 0.842. The number of pyridine rings is 1. The van der Waals surface area contributed by atoms with Crippen LogP contribution in [0.15, 0.2) is 18.3 Å². The lowest BCUT2D eigenvalue weighted by atomic mass is 9.95. The topological polar surface area (TPSA) is 50.3 Å². The van der Waals surface area contributed by atoms with E-state index in [0.717, 1.165) is 32.2 Å². The molecule has 4 nitrogen and oxygen atoms in total. The number of Topliss-reactive ketones (excluding diaryl/α,β-unsaturated/α-hetero) is 1. The summed E-state index contributed by atoms with van der Waals surface area (Å²) in [6.45, 7) is 0.720. The molecule has 0 radical (unpaired) electrons. The predicted molar refractivity (Wildman–Crippen MR) is 75.7 cm³/mol. The molecule has 20 heavy (non-hydrogen) atoms. The summed E-state index contributed by atoms with van der Waals surface area (Å²) in [6.07, 6.45) is 5.93. The number of halogens is 1. The van der Waals surface area contributed by atoms with E-state index >= 15 is 0 Å². The summed E-state index contributed by atoms with van der Waals surface area (Å²) in [5.41, 5.74) is 0.409. The molecule has 1 aliphatic heterocycles. The van der Waals surface area contributed by atoms with Crippen molar-refractivity contribution in [2.45, 2.75) is 38.1 Å². The lowest BCUT2D eigenvalue weighted by Gasteiger charge is -2.28. The first-order valence-corrected chi connectivity index (χ1v) is 7.50. The zero-order chi connectivity index (χ0) is 14.1. The van der Waals surface area contributed by atoms with Gasteiger partial charge in [-0.3, -0.25) is 9.59 Å². The van der Waals surface area contributed by atoms with E-state index in [1.165, 1.54) is 6.20 Å². The maximum atomic E-state index is 12.5. The molecule has 2 atom stereocenters. The van der Waals surface area contributed by atoms with E-state index < -0.39 is 0 Å². The Morgan fingerprint density at radius 3 is 2.80 bits per heavy atom. The van der Waals surface area contributed by atoms with Crippen molar-refractivity contribution in [3.63, 3.8) is 0 Å². The fourth-order valence-electron chi connectivity index (χ4n) is 3.36. The third-order valence-electron chi connectivity index (χ3n) is 4.32. The van der Waals surface area contributed by atoms with Crippen molar-refractivity contribution in [1.82, 2.24) is 9.88 Å². The van der Waals surface area contributed by atoms with E-state index in [1.54, 1.807) is 12.1 Å². The number of rotatable bonds is 2. The molecule has 1 saturated carbocycles. The maximum Gasteiger partial charge on any atom is 0.272 e. The van der Waals surface area contributed by atoms with Gasteiger partial charge in [-0.2, -0.15) is 0 Å². The Morgan fingerprint density at radius 2 is 2.15 bits per heavy atom. The summed E-state index contributed by atoms with van der Waals surface area (Å²) in [7, 11) is 0. The van der Waals surface area contributed by atoms with Gasteiger partial charge in [0.05, 0.1) is 5.02 Å². The molecule has 2 heterocycles. The number of carbonyl (C=O) groups excluding carboxylic acids is 2. The van der Waals surface area contributed by atoms with Crippen LogP contribution >= 0.6 is 11.6 Å². The summed E-state index contributed by atoms with van der Waals surface area (Å²) in [5, 5.41) is 0.519. The lowest BCUT2D eigenvalue weighted by molar-refractivity contribution is -0.121. The summed E-state index contributed by atoms with van der Waals surface area (Å²) in [4.78, 5) is 30.4. The van der Waals surface area contributed by atoms with Gasteiger partial charge in [-0.15, -0.1) is 0 Å². The number of aromatic nitrogens is 1. The van der Waals surface area contributed by atoms with E-state index in [0.29, 0.717) is 22.9 Å². The van der Waals surface area contributed by atoms with Gasteiger partial charge in [0.1, 0.15) is 11.5 Å². The zero-order valence-corrected chi connectivity index (χ0v) is 12.0. The van der Waals surface area contributed by atoms with E-state index in [9.17, 15) is 9.59 Å². The number of likely N-dealkylation sites (tertiary alicyclic amines) is 1. The van der Waals surface area contributed by atoms with Crippen molar-refractivity contribution in [3.05, 3.63) is 29.0 Å². The fourth-order valence-corrected chi connectivity index (χ4v) is 3.47. The first kappa shape index (κ1) is 13.6. The Bertz CT molecular complexity index is 529. The van der Waals surface area contributed by atoms with Gasteiger partial charge in [0.25, 0.3) is 5.91 Å². The van der Waals surface area contributed by atoms with Crippen molar-refractivity contribution < 1.29 is 9.59 Å². The van der Waals surface area contributed by atoms with Crippen LogP contribution in [-0.2, 0) is 4.79 Å². The normalized spacial score (nSPS) is 26.2. The maximum absolute atomic E-state index is 12.5. The molecule has 1 aromatic rings. The molecule has 106 valence electrons. The van der Waals surface area contributed by atoms with Gasteiger partial charge in [0, 0.05) is 31.1 Å². The lowest BCUT2D eigenvalue weighted by Crippen LogP contribution is -2.41. The monoisotopic (exact) mass is 292 g/mol. The smallest absolute Gasteiger partial charge is 0.272 e. The second-order valence-electron chi connectivity index (χ2n) is 5.53. The van der Waals surface area contributed by atoms with E-state index in [2.05, 4.69) is 4.98 Å². The minimum Gasteiger partial charge on any atom is -0.334 e. The molecular weight excluding hydrogens is 276 g/mol. The van der Waals surface area contributed by atoms with Gasteiger partial charge in [-0.1, -0.05) is 11.6 Å². The van der Waals surface area contributed by atoms with Crippen molar-refractivity contribution >= 4 is 23.3 Å². The summed E-state index contributed by atoms with van der Waals surface area (Å²) < 4.78 is 0. The molecule has 3 rings (SSSR count). The summed E-state index contributed by atoms with van der Waals surface area (Å²) in [6, 6.07) is 3.39. The number of nitrogens with zero attached hydrogens (tertiary/aromatic N) is 2. The molecule has 2 unspecified atom stereocenters. The van der Waals surface area contributed by atoms with Crippen LogP contribution in [0.5, 0.6) is 0 Å². The number of hydrogen-bond donors (Lipinski definition) is 0. The molecule has 2 fully saturated rings. The Kier molecular flexibility index (Phi) is 3.74.